The molecular formula is C18H17N3O3. The molecule has 0 saturated heterocycles. The largest absolute Gasteiger partial charge is 0.506 e. The molecule has 3 rings (SSSR count). The molecule has 6 heteroatoms. The third-order valence-electron chi connectivity index (χ3n) is 3.64. The second-order valence-corrected chi connectivity index (χ2v) is 5.24. The lowest BCUT2D eigenvalue weighted by Gasteiger charge is -2.04. The highest BCUT2D eigenvalue weighted by molar-refractivity contribution is 5.83. The van der Waals surface area contributed by atoms with Crippen molar-refractivity contribution in [1.29, 1.82) is 0 Å². The summed E-state index contributed by atoms with van der Waals surface area (Å²) >= 11 is 0. The number of para-hydroxylation sites is 2. The van der Waals surface area contributed by atoms with Crippen molar-refractivity contribution in [2.24, 2.45) is 4.99 Å². The van der Waals surface area contributed by atoms with Crippen molar-refractivity contribution in [3.8, 4) is 17.2 Å². The molecule has 0 aliphatic rings. The SMILES string of the molecule is COc1cccc(-n2[nH]c(C)c(C=Nc3ccccc3O)c2=O)c1. The summed E-state index contributed by atoms with van der Waals surface area (Å²) in [5.41, 5.74) is 1.97. The van der Waals surface area contributed by atoms with Crippen LogP contribution in [0.1, 0.15) is 11.3 Å². The van der Waals surface area contributed by atoms with Gasteiger partial charge in [0.2, 0.25) is 0 Å². The Morgan fingerprint density at radius 2 is 2.00 bits per heavy atom. The predicted octanol–water partition coefficient (Wildman–Crippen LogP) is 2.94. The van der Waals surface area contributed by atoms with Crippen LogP contribution >= 0.6 is 0 Å². The molecule has 0 bridgehead atoms. The van der Waals surface area contributed by atoms with Crippen molar-refractivity contribution >= 4 is 11.9 Å². The number of aromatic hydroxyl groups is 1. The van der Waals surface area contributed by atoms with Crippen LogP contribution in [0.3, 0.4) is 0 Å². The molecule has 1 aromatic heterocycles. The molecule has 0 fully saturated rings. The Hall–Kier alpha value is -3.28. The Labute approximate surface area is 138 Å². The highest BCUT2D eigenvalue weighted by Crippen LogP contribution is 2.24. The molecule has 0 spiro atoms. The quantitative estimate of drug-likeness (QED) is 0.725. The number of methoxy groups -OCH3 is 1. The first-order chi connectivity index (χ1) is 11.6. The topological polar surface area (TPSA) is 79.6 Å². The van der Waals surface area contributed by atoms with Crippen molar-refractivity contribution in [2.45, 2.75) is 6.92 Å². The lowest BCUT2D eigenvalue weighted by molar-refractivity contribution is 0.414. The van der Waals surface area contributed by atoms with Crippen LogP contribution < -0.4 is 10.3 Å². The molecule has 0 amide bonds. The number of benzene rings is 2. The van der Waals surface area contributed by atoms with E-state index in [9.17, 15) is 9.90 Å². The Morgan fingerprint density at radius 1 is 1.21 bits per heavy atom. The van der Waals surface area contributed by atoms with E-state index in [1.54, 1.807) is 44.4 Å². The maximum absolute atomic E-state index is 12.6. The number of hydrogen-bond acceptors (Lipinski definition) is 4. The van der Waals surface area contributed by atoms with E-state index in [2.05, 4.69) is 10.1 Å². The Bertz CT molecular complexity index is 954. The first-order valence-corrected chi connectivity index (χ1v) is 7.38. The summed E-state index contributed by atoms with van der Waals surface area (Å²) in [6, 6.07) is 13.9. The number of phenolic OH excluding ortho intramolecular Hbond substituents is 1. The van der Waals surface area contributed by atoms with Gasteiger partial charge in [0.25, 0.3) is 5.56 Å². The number of H-pyrrole nitrogens is 1. The fourth-order valence-corrected chi connectivity index (χ4v) is 2.35. The lowest BCUT2D eigenvalue weighted by atomic mass is 10.2. The lowest BCUT2D eigenvalue weighted by Crippen LogP contribution is -2.17. The first kappa shape index (κ1) is 15.6. The van der Waals surface area contributed by atoms with Crippen LogP contribution in [0.2, 0.25) is 0 Å². The monoisotopic (exact) mass is 323 g/mol. The number of aryl methyl sites for hydroxylation is 1. The normalized spacial score (nSPS) is 11.1. The standard InChI is InChI=1S/C18H17N3O3/c1-12-15(11-19-16-8-3-4-9-17(16)22)18(23)21(20-12)13-6-5-7-14(10-13)24-2/h3-11,20,22H,1-2H3. The molecule has 3 aromatic rings. The van der Waals surface area contributed by atoms with E-state index in [0.29, 0.717) is 28.4 Å². The molecule has 0 atom stereocenters. The Balaban J connectivity index is 2.01. The van der Waals surface area contributed by atoms with Crippen LogP contribution in [0, 0.1) is 6.92 Å². The minimum atomic E-state index is -0.222. The molecule has 0 aliphatic carbocycles. The number of hydrogen-bond donors (Lipinski definition) is 2. The summed E-state index contributed by atoms with van der Waals surface area (Å²) in [7, 11) is 1.58. The van der Waals surface area contributed by atoms with Crippen molar-refractivity contribution < 1.29 is 9.84 Å². The zero-order valence-corrected chi connectivity index (χ0v) is 13.4. The molecular weight excluding hydrogens is 306 g/mol. The summed E-state index contributed by atoms with van der Waals surface area (Å²) in [4.78, 5) is 16.8. The minimum Gasteiger partial charge on any atom is -0.506 e. The highest BCUT2D eigenvalue weighted by Gasteiger charge is 2.11. The minimum absolute atomic E-state index is 0.0649. The first-order valence-electron chi connectivity index (χ1n) is 7.38. The number of nitrogens with one attached hydrogen (secondary N) is 1. The Kier molecular flexibility index (Phi) is 4.20. The number of aromatic nitrogens is 2. The zero-order chi connectivity index (χ0) is 17.1. The smallest absolute Gasteiger partial charge is 0.280 e. The van der Waals surface area contributed by atoms with E-state index in [-0.39, 0.29) is 11.3 Å². The predicted molar refractivity (Wildman–Crippen MR) is 93.0 cm³/mol. The van der Waals surface area contributed by atoms with Crippen LogP contribution in [-0.4, -0.2) is 28.2 Å². The molecule has 2 N–H and O–H groups in total. The second kappa shape index (κ2) is 6.45. The van der Waals surface area contributed by atoms with Gasteiger partial charge in [0.05, 0.1) is 18.4 Å². The number of aliphatic imine (C=N–C) groups is 1. The highest BCUT2D eigenvalue weighted by atomic mass is 16.5. The van der Waals surface area contributed by atoms with Crippen molar-refractivity contribution in [1.82, 2.24) is 9.78 Å². The van der Waals surface area contributed by atoms with Gasteiger partial charge in [-0.3, -0.25) is 14.9 Å². The number of phenols is 1. The van der Waals surface area contributed by atoms with Gasteiger partial charge in [-0.15, -0.1) is 0 Å². The van der Waals surface area contributed by atoms with Gasteiger partial charge in [-0.1, -0.05) is 18.2 Å². The number of ether oxygens (including phenoxy) is 1. The third-order valence-corrected chi connectivity index (χ3v) is 3.64. The molecule has 0 saturated carbocycles. The van der Waals surface area contributed by atoms with E-state index in [4.69, 9.17) is 4.74 Å². The van der Waals surface area contributed by atoms with Crippen LogP contribution in [0.4, 0.5) is 5.69 Å². The third kappa shape index (κ3) is 2.94. The molecule has 122 valence electrons. The molecule has 0 aliphatic heterocycles. The fraction of sp³-hybridized carbons (Fsp3) is 0.111. The van der Waals surface area contributed by atoms with Gasteiger partial charge in [0.15, 0.2) is 0 Å². The van der Waals surface area contributed by atoms with E-state index in [1.165, 1.54) is 10.9 Å². The average Bonchev–Trinajstić information content (AvgIpc) is 2.89. The van der Waals surface area contributed by atoms with Gasteiger partial charge in [0, 0.05) is 18.0 Å². The zero-order valence-electron chi connectivity index (χ0n) is 13.4. The van der Waals surface area contributed by atoms with Gasteiger partial charge >= 0.3 is 0 Å². The molecule has 0 unspecified atom stereocenters. The van der Waals surface area contributed by atoms with E-state index in [0.717, 1.165) is 0 Å². The van der Waals surface area contributed by atoms with E-state index < -0.39 is 0 Å². The van der Waals surface area contributed by atoms with Gasteiger partial charge in [-0.25, -0.2) is 4.68 Å². The van der Waals surface area contributed by atoms with Crippen LogP contribution in [0.15, 0.2) is 58.3 Å². The molecule has 2 aromatic carbocycles. The molecule has 24 heavy (non-hydrogen) atoms. The second-order valence-electron chi connectivity index (χ2n) is 5.24. The number of aromatic amines is 1. The van der Waals surface area contributed by atoms with Crippen LogP contribution in [0.25, 0.3) is 5.69 Å². The maximum atomic E-state index is 12.6. The van der Waals surface area contributed by atoms with E-state index >= 15 is 0 Å². The summed E-state index contributed by atoms with van der Waals surface area (Å²) in [6.07, 6.45) is 1.46. The fourth-order valence-electron chi connectivity index (χ4n) is 2.35. The molecule has 6 nitrogen and oxygen atoms in total. The molecule has 1 heterocycles. The van der Waals surface area contributed by atoms with Gasteiger partial charge < -0.3 is 9.84 Å². The molecule has 0 radical (unpaired) electrons. The summed E-state index contributed by atoms with van der Waals surface area (Å²) in [5.74, 6) is 0.728. The average molecular weight is 323 g/mol. The maximum Gasteiger partial charge on any atom is 0.280 e. The van der Waals surface area contributed by atoms with Gasteiger partial charge in [0.1, 0.15) is 17.2 Å². The van der Waals surface area contributed by atoms with Crippen molar-refractivity contribution in [3.05, 3.63) is 70.1 Å². The number of nitrogens with zero attached hydrogens (tertiary/aromatic N) is 2. The van der Waals surface area contributed by atoms with Crippen molar-refractivity contribution in [3.63, 3.8) is 0 Å². The summed E-state index contributed by atoms with van der Waals surface area (Å²) < 4.78 is 6.62. The summed E-state index contributed by atoms with van der Waals surface area (Å²) in [5, 5.41) is 12.8. The van der Waals surface area contributed by atoms with Crippen LogP contribution in [-0.2, 0) is 0 Å². The summed E-state index contributed by atoms with van der Waals surface area (Å²) in [6.45, 7) is 1.80. The van der Waals surface area contributed by atoms with Gasteiger partial charge in [-0.05, 0) is 31.2 Å². The number of rotatable bonds is 4. The Morgan fingerprint density at radius 3 is 2.75 bits per heavy atom. The van der Waals surface area contributed by atoms with Crippen LogP contribution in [0.5, 0.6) is 11.5 Å². The van der Waals surface area contributed by atoms with Crippen molar-refractivity contribution in [2.75, 3.05) is 7.11 Å². The van der Waals surface area contributed by atoms with Gasteiger partial charge in [-0.2, -0.15) is 0 Å². The van der Waals surface area contributed by atoms with E-state index in [1.807, 2.05) is 18.2 Å².